The molecule has 2 rings (SSSR count). The molecule has 0 bridgehead atoms. The Morgan fingerprint density at radius 1 is 1.04 bits per heavy atom. The number of methoxy groups -OCH3 is 3. The van der Waals surface area contributed by atoms with Gasteiger partial charge in [-0.15, -0.1) is 0 Å². The fourth-order valence-corrected chi connectivity index (χ4v) is 2.89. The predicted molar refractivity (Wildman–Crippen MR) is 100 cm³/mol. The van der Waals surface area contributed by atoms with Crippen molar-refractivity contribution in [2.24, 2.45) is 0 Å². The number of hydrogen-bond donors (Lipinski definition) is 0. The van der Waals surface area contributed by atoms with Gasteiger partial charge in [-0.25, -0.2) is 0 Å². The van der Waals surface area contributed by atoms with E-state index in [4.69, 9.17) is 18.9 Å². The average Bonchev–Trinajstić information content (AvgIpc) is 2.71. The normalized spacial score (nSPS) is 14.9. The third kappa shape index (κ3) is 5.62. The summed E-state index contributed by atoms with van der Waals surface area (Å²) in [5, 5.41) is 0. The molecule has 1 heterocycles. The standard InChI is InChI=1S/C19H26N2O6/c1-24-16-12-15(13-17(25-2)19(16)26-3)4-5-18(23)21-8-6-20(7-9-21)10-11-27-14-22/h4-5,12-14H,6-11H2,1-3H3/b5-4+. The van der Waals surface area contributed by atoms with Crippen LogP contribution in [0.5, 0.6) is 17.2 Å². The zero-order valence-corrected chi connectivity index (χ0v) is 16.0. The Morgan fingerprint density at radius 2 is 1.67 bits per heavy atom. The van der Waals surface area contributed by atoms with E-state index in [9.17, 15) is 9.59 Å². The lowest BCUT2D eigenvalue weighted by Crippen LogP contribution is -2.49. The van der Waals surface area contributed by atoms with Crippen LogP contribution in [0.15, 0.2) is 18.2 Å². The molecule has 0 N–H and O–H groups in total. The van der Waals surface area contributed by atoms with Gasteiger partial charge >= 0.3 is 0 Å². The van der Waals surface area contributed by atoms with Crippen molar-refractivity contribution in [3.05, 3.63) is 23.8 Å². The number of piperazine rings is 1. The van der Waals surface area contributed by atoms with Crippen molar-refractivity contribution in [1.29, 1.82) is 0 Å². The molecule has 1 aromatic rings. The lowest BCUT2D eigenvalue weighted by atomic mass is 10.1. The molecule has 0 aromatic heterocycles. The monoisotopic (exact) mass is 378 g/mol. The second-order valence-corrected chi connectivity index (χ2v) is 5.93. The van der Waals surface area contributed by atoms with Crippen molar-refractivity contribution in [1.82, 2.24) is 9.80 Å². The van der Waals surface area contributed by atoms with Gasteiger partial charge in [-0.1, -0.05) is 0 Å². The molecule has 148 valence electrons. The summed E-state index contributed by atoms with van der Waals surface area (Å²) in [7, 11) is 4.65. The van der Waals surface area contributed by atoms with Gasteiger partial charge in [0.25, 0.3) is 6.47 Å². The van der Waals surface area contributed by atoms with Crippen molar-refractivity contribution in [3.8, 4) is 17.2 Å². The largest absolute Gasteiger partial charge is 0.493 e. The summed E-state index contributed by atoms with van der Waals surface area (Å²) in [4.78, 5) is 26.6. The third-order valence-corrected chi connectivity index (χ3v) is 4.38. The van der Waals surface area contributed by atoms with E-state index in [1.807, 2.05) is 0 Å². The molecule has 8 nitrogen and oxygen atoms in total. The highest BCUT2D eigenvalue weighted by atomic mass is 16.5. The zero-order valence-electron chi connectivity index (χ0n) is 16.0. The van der Waals surface area contributed by atoms with E-state index in [2.05, 4.69) is 4.90 Å². The van der Waals surface area contributed by atoms with Crippen molar-refractivity contribution < 1.29 is 28.5 Å². The average molecular weight is 378 g/mol. The van der Waals surface area contributed by atoms with Gasteiger partial charge in [0.15, 0.2) is 11.5 Å². The van der Waals surface area contributed by atoms with Crippen LogP contribution in [0.25, 0.3) is 6.08 Å². The minimum absolute atomic E-state index is 0.0486. The fraction of sp³-hybridized carbons (Fsp3) is 0.474. The first-order chi connectivity index (χ1) is 13.1. The molecule has 0 unspecified atom stereocenters. The number of nitrogens with zero attached hydrogens (tertiary/aromatic N) is 2. The fourth-order valence-electron chi connectivity index (χ4n) is 2.89. The first kappa shape index (κ1) is 20.6. The van der Waals surface area contributed by atoms with Crippen molar-refractivity contribution in [3.63, 3.8) is 0 Å². The molecule has 1 aliphatic heterocycles. The van der Waals surface area contributed by atoms with Crippen LogP contribution >= 0.6 is 0 Å². The Hall–Kier alpha value is -2.74. The van der Waals surface area contributed by atoms with Gasteiger partial charge in [-0.3, -0.25) is 14.5 Å². The van der Waals surface area contributed by atoms with Crippen molar-refractivity contribution >= 4 is 18.5 Å². The molecule has 1 aromatic carbocycles. The van der Waals surface area contributed by atoms with Crippen LogP contribution in [0, 0.1) is 0 Å². The van der Waals surface area contributed by atoms with Crippen LogP contribution in [-0.4, -0.2) is 82.8 Å². The Morgan fingerprint density at radius 3 is 2.19 bits per heavy atom. The van der Waals surface area contributed by atoms with Crippen molar-refractivity contribution in [2.45, 2.75) is 0 Å². The first-order valence-corrected chi connectivity index (χ1v) is 8.67. The van der Waals surface area contributed by atoms with Crippen LogP contribution in [-0.2, 0) is 14.3 Å². The first-order valence-electron chi connectivity index (χ1n) is 8.67. The molecule has 0 atom stereocenters. The van der Waals surface area contributed by atoms with E-state index in [0.29, 0.717) is 50.0 Å². The van der Waals surface area contributed by atoms with E-state index < -0.39 is 0 Å². The number of benzene rings is 1. The molecule has 0 aliphatic carbocycles. The minimum atomic E-state index is -0.0486. The number of hydrogen-bond acceptors (Lipinski definition) is 7. The maximum Gasteiger partial charge on any atom is 0.293 e. The topological polar surface area (TPSA) is 77.5 Å². The predicted octanol–water partition coefficient (Wildman–Crippen LogP) is 1.04. The van der Waals surface area contributed by atoms with Gasteiger partial charge in [-0.2, -0.15) is 0 Å². The molecule has 0 radical (unpaired) electrons. The van der Waals surface area contributed by atoms with Crippen LogP contribution in [0.1, 0.15) is 5.56 Å². The molecule has 1 amide bonds. The molecular formula is C19H26N2O6. The summed E-state index contributed by atoms with van der Waals surface area (Å²) in [5.74, 6) is 1.54. The number of rotatable bonds is 9. The minimum Gasteiger partial charge on any atom is -0.493 e. The SMILES string of the molecule is COc1cc(/C=C/C(=O)N2CCN(CCOC=O)CC2)cc(OC)c1OC. The second kappa shape index (κ2) is 10.4. The molecule has 0 saturated carbocycles. The highest BCUT2D eigenvalue weighted by molar-refractivity contribution is 5.92. The maximum atomic E-state index is 12.4. The summed E-state index contributed by atoms with van der Waals surface area (Å²) in [6.07, 6.45) is 3.28. The van der Waals surface area contributed by atoms with E-state index >= 15 is 0 Å². The Balaban J connectivity index is 1.96. The Labute approximate surface area is 159 Å². The van der Waals surface area contributed by atoms with E-state index in [-0.39, 0.29) is 5.91 Å². The van der Waals surface area contributed by atoms with E-state index in [1.54, 1.807) is 50.5 Å². The summed E-state index contributed by atoms with van der Waals surface area (Å²) in [5.41, 5.74) is 0.780. The maximum absolute atomic E-state index is 12.4. The summed E-state index contributed by atoms with van der Waals surface area (Å²) >= 11 is 0. The highest BCUT2D eigenvalue weighted by Gasteiger charge is 2.19. The number of amides is 1. The molecular weight excluding hydrogens is 352 g/mol. The van der Waals surface area contributed by atoms with Gasteiger partial charge in [0.05, 0.1) is 21.3 Å². The van der Waals surface area contributed by atoms with Gasteiger partial charge < -0.3 is 23.8 Å². The van der Waals surface area contributed by atoms with Crippen LogP contribution in [0.3, 0.4) is 0 Å². The number of carbonyl (C=O) groups excluding carboxylic acids is 2. The Kier molecular flexibility index (Phi) is 7.94. The van der Waals surface area contributed by atoms with Crippen LogP contribution in [0.4, 0.5) is 0 Å². The smallest absolute Gasteiger partial charge is 0.293 e. The number of carbonyl (C=O) groups is 2. The van der Waals surface area contributed by atoms with Crippen LogP contribution < -0.4 is 14.2 Å². The quantitative estimate of drug-likeness (QED) is 0.361. The molecule has 0 spiro atoms. The zero-order chi connectivity index (χ0) is 19.6. The molecule has 1 fully saturated rings. The van der Waals surface area contributed by atoms with Gasteiger partial charge in [0.2, 0.25) is 11.7 Å². The second-order valence-electron chi connectivity index (χ2n) is 5.93. The lowest BCUT2D eigenvalue weighted by Gasteiger charge is -2.33. The number of ether oxygens (including phenoxy) is 4. The van der Waals surface area contributed by atoms with Gasteiger partial charge in [0, 0.05) is 38.8 Å². The molecule has 1 aliphatic rings. The van der Waals surface area contributed by atoms with Crippen molar-refractivity contribution in [2.75, 3.05) is 60.7 Å². The summed E-state index contributed by atoms with van der Waals surface area (Å²) in [6.45, 7) is 4.30. The van der Waals surface area contributed by atoms with E-state index in [0.717, 1.165) is 18.7 Å². The lowest BCUT2D eigenvalue weighted by molar-refractivity contribution is -0.129. The Bertz CT molecular complexity index is 643. The van der Waals surface area contributed by atoms with Crippen LogP contribution in [0.2, 0.25) is 0 Å². The van der Waals surface area contributed by atoms with E-state index in [1.165, 1.54) is 0 Å². The van der Waals surface area contributed by atoms with Gasteiger partial charge in [-0.05, 0) is 23.8 Å². The summed E-state index contributed by atoms with van der Waals surface area (Å²) < 4.78 is 20.7. The highest BCUT2D eigenvalue weighted by Crippen LogP contribution is 2.38. The summed E-state index contributed by atoms with van der Waals surface area (Å²) in [6, 6.07) is 3.58. The third-order valence-electron chi connectivity index (χ3n) is 4.38. The molecule has 1 saturated heterocycles. The molecule has 27 heavy (non-hydrogen) atoms. The molecule has 8 heteroatoms. The van der Waals surface area contributed by atoms with Gasteiger partial charge in [0.1, 0.15) is 6.61 Å².